The third-order valence-electron chi connectivity index (χ3n) is 4.83. The van der Waals surface area contributed by atoms with Crippen LogP contribution in [0.3, 0.4) is 0 Å². The average Bonchev–Trinajstić information content (AvgIpc) is 3.41. The highest BCUT2D eigenvalue weighted by Crippen LogP contribution is 2.20. The molecule has 2 N–H and O–H groups in total. The number of hydrogen-bond donors (Lipinski definition) is 2. The van der Waals surface area contributed by atoms with Crippen molar-refractivity contribution in [1.82, 2.24) is 30.8 Å². The van der Waals surface area contributed by atoms with Gasteiger partial charge in [-0.3, -0.25) is 9.69 Å². The number of amides is 1. The maximum absolute atomic E-state index is 12.6. The lowest BCUT2D eigenvalue weighted by Gasteiger charge is -2.31. The van der Waals surface area contributed by atoms with Crippen molar-refractivity contribution < 1.29 is 9.21 Å². The summed E-state index contributed by atoms with van der Waals surface area (Å²) in [4.78, 5) is 14.9. The van der Waals surface area contributed by atoms with E-state index in [0.29, 0.717) is 12.4 Å². The van der Waals surface area contributed by atoms with Gasteiger partial charge in [0.25, 0.3) is 0 Å². The number of aromatic amines is 1. The molecule has 0 spiro atoms. The lowest BCUT2D eigenvalue weighted by Crippen LogP contribution is -2.42. The van der Waals surface area contributed by atoms with Crippen LogP contribution in [-0.4, -0.2) is 44.5 Å². The summed E-state index contributed by atoms with van der Waals surface area (Å²) in [6.07, 6.45) is 3.63. The third kappa shape index (κ3) is 4.40. The molecule has 1 aromatic carbocycles. The molecule has 0 bridgehead atoms. The molecule has 1 aliphatic heterocycles. The van der Waals surface area contributed by atoms with E-state index >= 15 is 0 Å². The van der Waals surface area contributed by atoms with Gasteiger partial charge in [0.05, 0.1) is 18.7 Å². The van der Waals surface area contributed by atoms with Crippen molar-refractivity contribution in [2.24, 2.45) is 5.92 Å². The van der Waals surface area contributed by atoms with Crippen LogP contribution in [0, 0.1) is 5.92 Å². The second-order valence-electron chi connectivity index (χ2n) is 6.81. The van der Waals surface area contributed by atoms with E-state index in [0.717, 1.165) is 49.4 Å². The Morgan fingerprint density at radius 3 is 3.11 bits per heavy atom. The van der Waals surface area contributed by atoms with Crippen molar-refractivity contribution >= 4 is 5.91 Å². The molecule has 0 aliphatic carbocycles. The second kappa shape index (κ2) is 8.13. The summed E-state index contributed by atoms with van der Waals surface area (Å²) in [5.41, 5.74) is 1.88. The van der Waals surface area contributed by atoms with Crippen LogP contribution in [0.4, 0.5) is 0 Å². The lowest BCUT2D eigenvalue weighted by molar-refractivity contribution is -0.127. The Balaban J connectivity index is 1.32. The Bertz CT molecular complexity index is 862. The van der Waals surface area contributed by atoms with Crippen LogP contribution in [0.5, 0.6) is 0 Å². The van der Waals surface area contributed by atoms with E-state index < -0.39 is 0 Å². The summed E-state index contributed by atoms with van der Waals surface area (Å²) in [5, 5.41) is 17.1. The molecule has 0 unspecified atom stereocenters. The minimum absolute atomic E-state index is 0.00843. The molecule has 1 saturated heterocycles. The lowest BCUT2D eigenvalue weighted by atomic mass is 9.97. The number of piperidine rings is 1. The molecule has 0 radical (unpaired) electrons. The van der Waals surface area contributed by atoms with Crippen molar-refractivity contribution in [2.45, 2.75) is 25.9 Å². The first-order valence-electron chi connectivity index (χ1n) is 9.13. The summed E-state index contributed by atoms with van der Waals surface area (Å²) < 4.78 is 5.42. The molecular formula is C19H22N6O2. The molecular weight excluding hydrogens is 344 g/mol. The van der Waals surface area contributed by atoms with E-state index in [4.69, 9.17) is 4.42 Å². The highest BCUT2D eigenvalue weighted by Gasteiger charge is 2.26. The van der Waals surface area contributed by atoms with Gasteiger partial charge in [-0.25, -0.2) is 0 Å². The predicted octanol–water partition coefficient (Wildman–Crippen LogP) is 1.99. The van der Waals surface area contributed by atoms with Crippen molar-refractivity contribution in [3.05, 3.63) is 54.0 Å². The van der Waals surface area contributed by atoms with Crippen molar-refractivity contribution in [1.29, 1.82) is 0 Å². The summed E-state index contributed by atoms with van der Waals surface area (Å²) >= 11 is 0. The van der Waals surface area contributed by atoms with Gasteiger partial charge in [0.15, 0.2) is 0 Å². The average molecular weight is 366 g/mol. The summed E-state index contributed by atoms with van der Waals surface area (Å²) in [6.45, 7) is 3.00. The number of nitrogens with zero attached hydrogens (tertiary/aromatic N) is 4. The minimum Gasteiger partial charge on any atom is -0.468 e. The number of benzene rings is 1. The van der Waals surface area contributed by atoms with Crippen LogP contribution in [-0.2, 0) is 17.9 Å². The number of H-pyrrole nitrogens is 1. The van der Waals surface area contributed by atoms with Crippen LogP contribution in [0.1, 0.15) is 24.2 Å². The Morgan fingerprint density at radius 2 is 2.30 bits per heavy atom. The number of carbonyl (C=O) groups excluding carboxylic acids is 1. The molecule has 8 heteroatoms. The molecule has 8 nitrogen and oxygen atoms in total. The Kier molecular flexibility index (Phi) is 5.24. The fourth-order valence-electron chi connectivity index (χ4n) is 3.47. The van der Waals surface area contributed by atoms with Gasteiger partial charge in [-0.1, -0.05) is 18.2 Å². The quantitative estimate of drug-likeness (QED) is 0.692. The molecule has 140 valence electrons. The van der Waals surface area contributed by atoms with Crippen molar-refractivity contribution in [3.8, 4) is 11.4 Å². The van der Waals surface area contributed by atoms with Gasteiger partial charge in [0.1, 0.15) is 5.76 Å². The topological polar surface area (TPSA) is 99.9 Å². The monoisotopic (exact) mass is 366 g/mol. The number of rotatable bonds is 6. The molecule has 4 rings (SSSR count). The smallest absolute Gasteiger partial charge is 0.224 e. The first-order chi connectivity index (χ1) is 13.3. The maximum Gasteiger partial charge on any atom is 0.224 e. The Labute approximate surface area is 156 Å². The molecule has 1 fully saturated rings. The number of hydrogen-bond acceptors (Lipinski definition) is 6. The van der Waals surface area contributed by atoms with Crippen LogP contribution < -0.4 is 5.32 Å². The first-order valence-corrected chi connectivity index (χ1v) is 9.13. The van der Waals surface area contributed by atoms with Gasteiger partial charge in [0.2, 0.25) is 11.7 Å². The molecule has 1 atom stereocenters. The number of carbonyl (C=O) groups is 1. The third-order valence-corrected chi connectivity index (χ3v) is 4.83. The summed E-state index contributed by atoms with van der Waals surface area (Å²) in [5.74, 6) is 1.59. The minimum atomic E-state index is 0.00843. The van der Waals surface area contributed by atoms with E-state index in [1.54, 1.807) is 6.26 Å². The van der Waals surface area contributed by atoms with Crippen LogP contribution in [0.15, 0.2) is 47.1 Å². The van der Waals surface area contributed by atoms with Gasteiger partial charge in [-0.05, 0) is 48.4 Å². The van der Waals surface area contributed by atoms with E-state index in [1.807, 2.05) is 36.4 Å². The number of furan rings is 1. The SMILES string of the molecule is O=C(NCc1cccc(-c2nn[nH]n2)c1)[C@@H]1CCCN(Cc2ccco2)C1. The normalized spacial score (nSPS) is 17.7. The van der Waals surface area contributed by atoms with E-state index in [9.17, 15) is 4.79 Å². The van der Waals surface area contributed by atoms with E-state index in [2.05, 4.69) is 30.8 Å². The standard InChI is InChI=1S/C19H22N6O2/c26-19(16-6-2-8-25(12-16)13-17-7-3-9-27-17)20-11-14-4-1-5-15(10-14)18-21-23-24-22-18/h1,3-5,7,9-10,16H,2,6,8,11-13H2,(H,20,26)(H,21,22,23,24)/t16-/m1/s1. The number of tetrazole rings is 1. The largest absolute Gasteiger partial charge is 0.468 e. The molecule has 3 heterocycles. The first kappa shape index (κ1) is 17.4. The molecule has 2 aromatic heterocycles. The second-order valence-corrected chi connectivity index (χ2v) is 6.81. The number of aromatic nitrogens is 4. The van der Waals surface area contributed by atoms with E-state index in [-0.39, 0.29) is 11.8 Å². The molecule has 0 saturated carbocycles. The molecule has 27 heavy (non-hydrogen) atoms. The predicted molar refractivity (Wildman–Crippen MR) is 98.2 cm³/mol. The number of nitrogens with one attached hydrogen (secondary N) is 2. The molecule has 1 aliphatic rings. The van der Waals surface area contributed by atoms with Crippen LogP contribution >= 0.6 is 0 Å². The van der Waals surface area contributed by atoms with Crippen LogP contribution in [0.25, 0.3) is 11.4 Å². The van der Waals surface area contributed by atoms with Gasteiger partial charge >= 0.3 is 0 Å². The highest BCUT2D eigenvalue weighted by molar-refractivity contribution is 5.79. The summed E-state index contributed by atoms with van der Waals surface area (Å²) in [6, 6.07) is 11.7. The van der Waals surface area contributed by atoms with E-state index in [1.165, 1.54) is 0 Å². The van der Waals surface area contributed by atoms with Gasteiger partial charge in [0, 0.05) is 18.7 Å². The zero-order chi connectivity index (χ0) is 18.5. The van der Waals surface area contributed by atoms with Crippen LogP contribution in [0.2, 0.25) is 0 Å². The summed E-state index contributed by atoms with van der Waals surface area (Å²) in [7, 11) is 0. The van der Waals surface area contributed by atoms with Crippen molar-refractivity contribution in [3.63, 3.8) is 0 Å². The Morgan fingerprint density at radius 1 is 1.33 bits per heavy atom. The van der Waals surface area contributed by atoms with Crippen molar-refractivity contribution in [2.75, 3.05) is 13.1 Å². The van der Waals surface area contributed by atoms with Gasteiger partial charge in [-0.2, -0.15) is 5.21 Å². The van der Waals surface area contributed by atoms with Gasteiger partial charge in [-0.15, -0.1) is 10.2 Å². The fraction of sp³-hybridized carbons (Fsp3) is 0.368. The zero-order valence-electron chi connectivity index (χ0n) is 15.0. The van der Waals surface area contributed by atoms with Gasteiger partial charge < -0.3 is 9.73 Å². The number of likely N-dealkylation sites (tertiary alicyclic amines) is 1. The molecule has 1 amide bonds. The fourth-order valence-corrected chi connectivity index (χ4v) is 3.47. The zero-order valence-corrected chi connectivity index (χ0v) is 15.0. The Hall–Kier alpha value is -3.00. The molecule has 3 aromatic rings. The maximum atomic E-state index is 12.6. The highest BCUT2D eigenvalue weighted by atomic mass is 16.3.